The molecule has 0 aliphatic heterocycles. The lowest BCUT2D eigenvalue weighted by atomic mass is 10.2. The smallest absolute Gasteiger partial charge is 0.364 e. The van der Waals surface area contributed by atoms with E-state index in [0.29, 0.717) is 12.1 Å². The SMILES string of the molecule is CCC(Nc1ccc(C(F)(F)F)cc1)n1nnc2ccccc21. The summed E-state index contributed by atoms with van der Waals surface area (Å²) in [5.41, 5.74) is 1.59. The number of hydrogen-bond acceptors (Lipinski definition) is 3. The van der Waals surface area contributed by atoms with Gasteiger partial charge in [0.25, 0.3) is 0 Å². The van der Waals surface area contributed by atoms with Gasteiger partial charge in [-0.2, -0.15) is 13.2 Å². The molecule has 1 N–H and O–H groups in total. The molecule has 2 aromatic carbocycles. The van der Waals surface area contributed by atoms with Crippen molar-refractivity contribution in [2.45, 2.75) is 25.7 Å². The zero-order chi connectivity index (χ0) is 16.4. The fourth-order valence-electron chi connectivity index (χ4n) is 2.40. The average Bonchev–Trinajstić information content (AvgIpc) is 2.96. The lowest BCUT2D eigenvalue weighted by Gasteiger charge is -2.19. The molecule has 4 nitrogen and oxygen atoms in total. The van der Waals surface area contributed by atoms with Crippen LogP contribution in [0.1, 0.15) is 25.1 Å². The summed E-state index contributed by atoms with van der Waals surface area (Å²) in [6.45, 7) is 1.97. The van der Waals surface area contributed by atoms with Crippen LogP contribution in [0.15, 0.2) is 48.5 Å². The van der Waals surface area contributed by atoms with Crippen LogP contribution >= 0.6 is 0 Å². The van der Waals surface area contributed by atoms with E-state index in [1.54, 1.807) is 4.68 Å². The van der Waals surface area contributed by atoms with Crippen LogP contribution in [0.3, 0.4) is 0 Å². The summed E-state index contributed by atoms with van der Waals surface area (Å²) in [5.74, 6) is 0. The molecule has 0 saturated carbocycles. The Morgan fingerprint density at radius 1 is 1.09 bits per heavy atom. The Hall–Kier alpha value is -2.57. The Balaban J connectivity index is 1.85. The van der Waals surface area contributed by atoms with Crippen LogP contribution in [0.25, 0.3) is 11.0 Å². The molecule has 1 heterocycles. The van der Waals surface area contributed by atoms with Crippen LogP contribution in [-0.4, -0.2) is 15.0 Å². The molecule has 3 aromatic rings. The second kappa shape index (κ2) is 5.91. The fourth-order valence-corrected chi connectivity index (χ4v) is 2.40. The predicted molar refractivity (Wildman–Crippen MR) is 81.9 cm³/mol. The van der Waals surface area contributed by atoms with Gasteiger partial charge in [-0.25, -0.2) is 4.68 Å². The minimum atomic E-state index is -4.33. The number of anilines is 1. The topological polar surface area (TPSA) is 42.7 Å². The Morgan fingerprint density at radius 2 is 1.78 bits per heavy atom. The van der Waals surface area contributed by atoms with Gasteiger partial charge in [0, 0.05) is 5.69 Å². The highest BCUT2D eigenvalue weighted by Crippen LogP contribution is 2.30. The lowest BCUT2D eigenvalue weighted by molar-refractivity contribution is -0.137. The van der Waals surface area contributed by atoms with Crippen molar-refractivity contribution in [3.05, 3.63) is 54.1 Å². The monoisotopic (exact) mass is 320 g/mol. The number of rotatable bonds is 4. The molecule has 3 rings (SSSR count). The highest BCUT2D eigenvalue weighted by molar-refractivity contribution is 5.74. The normalized spacial score (nSPS) is 13.2. The van der Waals surface area contributed by atoms with Crippen LogP contribution < -0.4 is 5.32 Å². The second-order valence-electron chi connectivity index (χ2n) is 5.17. The van der Waals surface area contributed by atoms with Crippen LogP contribution in [0.5, 0.6) is 0 Å². The van der Waals surface area contributed by atoms with Gasteiger partial charge in [0.1, 0.15) is 11.7 Å². The van der Waals surface area contributed by atoms with E-state index >= 15 is 0 Å². The maximum atomic E-state index is 12.6. The molecule has 7 heteroatoms. The van der Waals surface area contributed by atoms with Gasteiger partial charge in [0.15, 0.2) is 0 Å². The first-order valence-corrected chi connectivity index (χ1v) is 7.23. The number of alkyl halides is 3. The summed E-state index contributed by atoms with van der Waals surface area (Å²) < 4.78 is 39.6. The van der Waals surface area contributed by atoms with Gasteiger partial charge < -0.3 is 5.32 Å². The summed E-state index contributed by atoms with van der Waals surface area (Å²) in [7, 11) is 0. The standard InChI is InChI=1S/C16H15F3N4/c1-2-15(23-14-6-4-3-5-13(14)21-22-23)20-12-9-7-11(8-10-12)16(17,18)19/h3-10,15,20H,2H2,1H3. The molecule has 0 radical (unpaired) electrons. The van der Waals surface area contributed by atoms with Crippen molar-refractivity contribution in [1.82, 2.24) is 15.0 Å². The van der Waals surface area contributed by atoms with Crippen molar-refractivity contribution in [1.29, 1.82) is 0 Å². The number of aromatic nitrogens is 3. The summed E-state index contributed by atoms with van der Waals surface area (Å²) in [5, 5.41) is 11.4. The van der Waals surface area contributed by atoms with Gasteiger partial charge >= 0.3 is 6.18 Å². The zero-order valence-electron chi connectivity index (χ0n) is 12.4. The number of nitrogens with zero attached hydrogens (tertiary/aromatic N) is 3. The quantitative estimate of drug-likeness (QED) is 0.771. The third kappa shape index (κ3) is 3.13. The van der Waals surface area contributed by atoms with E-state index in [-0.39, 0.29) is 6.17 Å². The maximum absolute atomic E-state index is 12.6. The number of para-hydroxylation sites is 1. The maximum Gasteiger partial charge on any atom is 0.416 e. The lowest BCUT2D eigenvalue weighted by Crippen LogP contribution is -2.19. The minimum absolute atomic E-state index is 0.195. The van der Waals surface area contributed by atoms with E-state index in [1.165, 1.54) is 12.1 Å². The highest BCUT2D eigenvalue weighted by atomic mass is 19.4. The van der Waals surface area contributed by atoms with E-state index in [9.17, 15) is 13.2 Å². The zero-order valence-corrected chi connectivity index (χ0v) is 12.4. The molecule has 0 amide bonds. The van der Waals surface area contributed by atoms with E-state index < -0.39 is 11.7 Å². The molecule has 0 aliphatic rings. The van der Waals surface area contributed by atoms with Crippen molar-refractivity contribution in [3.63, 3.8) is 0 Å². The Morgan fingerprint density at radius 3 is 2.43 bits per heavy atom. The van der Waals surface area contributed by atoms with Crippen molar-refractivity contribution < 1.29 is 13.2 Å². The van der Waals surface area contributed by atoms with Gasteiger partial charge in [-0.05, 0) is 42.8 Å². The number of fused-ring (bicyclic) bond motifs is 1. The number of benzene rings is 2. The molecule has 0 aliphatic carbocycles. The highest BCUT2D eigenvalue weighted by Gasteiger charge is 2.30. The van der Waals surface area contributed by atoms with Crippen molar-refractivity contribution in [3.8, 4) is 0 Å². The van der Waals surface area contributed by atoms with E-state index in [1.807, 2.05) is 31.2 Å². The minimum Gasteiger partial charge on any atom is -0.364 e. The number of halogens is 3. The molecule has 1 aromatic heterocycles. The van der Waals surface area contributed by atoms with E-state index in [0.717, 1.165) is 23.2 Å². The molecule has 0 spiro atoms. The van der Waals surface area contributed by atoms with Gasteiger partial charge in [-0.3, -0.25) is 0 Å². The van der Waals surface area contributed by atoms with Crippen molar-refractivity contribution >= 4 is 16.7 Å². The Bertz CT molecular complexity index is 793. The second-order valence-corrected chi connectivity index (χ2v) is 5.17. The molecule has 23 heavy (non-hydrogen) atoms. The van der Waals surface area contributed by atoms with Crippen LogP contribution in [-0.2, 0) is 6.18 Å². The van der Waals surface area contributed by atoms with Crippen molar-refractivity contribution in [2.24, 2.45) is 0 Å². The number of hydrogen-bond donors (Lipinski definition) is 1. The fraction of sp³-hybridized carbons (Fsp3) is 0.250. The van der Waals surface area contributed by atoms with Gasteiger partial charge in [0.2, 0.25) is 0 Å². The van der Waals surface area contributed by atoms with Gasteiger partial charge in [-0.1, -0.05) is 24.3 Å². The molecular formula is C16H15F3N4. The summed E-state index contributed by atoms with van der Waals surface area (Å²) in [6, 6.07) is 12.5. The molecule has 1 atom stereocenters. The van der Waals surface area contributed by atoms with Gasteiger partial charge in [0.05, 0.1) is 11.1 Å². The van der Waals surface area contributed by atoms with Crippen LogP contribution in [0, 0.1) is 0 Å². The average molecular weight is 320 g/mol. The first-order chi connectivity index (χ1) is 11.0. The summed E-state index contributed by atoms with van der Waals surface area (Å²) >= 11 is 0. The largest absolute Gasteiger partial charge is 0.416 e. The third-order valence-electron chi connectivity index (χ3n) is 3.60. The van der Waals surface area contributed by atoms with Crippen LogP contribution in [0.2, 0.25) is 0 Å². The first kappa shape index (κ1) is 15.3. The van der Waals surface area contributed by atoms with Gasteiger partial charge in [-0.15, -0.1) is 5.10 Å². The molecular weight excluding hydrogens is 305 g/mol. The molecule has 0 fully saturated rings. The Kier molecular flexibility index (Phi) is 3.94. The third-order valence-corrected chi connectivity index (χ3v) is 3.60. The number of nitrogens with one attached hydrogen (secondary N) is 1. The summed E-state index contributed by atoms with van der Waals surface area (Å²) in [6.07, 6.45) is -3.82. The van der Waals surface area contributed by atoms with Crippen molar-refractivity contribution in [2.75, 3.05) is 5.32 Å². The first-order valence-electron chi connectivity index (χ1n) is 7.23. The van der Waals surface area contributed by atoms with E-state index in [2.05, 4.69) is 15.6 Å². The summed E-state index contributed by atoms with van der Waals surface area (Å²) in [4.78, 5) is 0. The Labute approximate surface area is 130 Å². The molecule has 0 bridgehead atoms. The molecule has 120 valence electrons. The van der Waals surface area contributed by atoms with Crippen LogP contribution in [0.4, 0.5) is 18.9 Å². The molecule has 1 unspecified atom stereocenters. The van der Waals surface area contributed by atoms with E-state index in [4.69, 9.17) is 0 Å². The predicted octanol–water partition coefficient (Wildman–Crippen LogP) is 4.47. The molecule has 0 saturated heterocycles.